The van der Waals surface area contributed by atoms with Crippen LogP contribution in [0.4, 0.5) is 17.1 Å². The Morgan fingerprint density at radius 2 is 1.02 bits per heavy atom. The Kier molecular flexibility index (Phi) is 5.91. The minimum absolute atomic E-state index is 0.913. The van der Waals surface area contributed by atoms with Crippen LogP contribution in [0.15, 0.2) is 180 Å². The summed E-state index contributed by atoms with van der Waals surface area (Å²) in [6.45, 7) is 0. The van der Waals surface area contributed by atoms with Crippen LogP contribution in [-0.2, 0) is 0 Å². The number of furan rings is 1. The lowest BCUT2D eigenvalue weighted by molar-refractivity contribution is 0.669. The van der Waals surface area contributed by atoms with Crippen LogP contribution >= 0.6 is 0 Å². The highest BCUT2D eigenvalue weighted by Crippen LogP contribution is 2.45. The van der Waals surface area contributed by atoms with E-state index in [0.717, 1.165) is 44.4 Å². The van der Waals surface area contributed by atoms with Gasteiger partial charge in [-0.1, -0.05) is 127 Å². The summed E-state index contributed by atoms with van der Waals surface area (Å²) in [7, 11) is 0. The van der Waals surface area contributed by atoms with Gasteiger partial charge < -0.3 is 9.32 Å². The van der Waals surface area contributed by atoms with Crippen LogP contribution in [0.3, 0.4) is 0 Å². The summed E-state index contributed by atoms with van der Waals surface area (Å²) in [4.78, 5) is 2.44. The van der Waals surface area contributed by atoms with E-state index in [4.69, 9.17) is 4.42 Å². The Morgan fingerprint density at radius 3 is 1.90 bits per heavy atom. The summed E-state index contributed by atoms with van der Waals surface area (Å²) >= 11 is 0. The van der Waals surface area contributed by atoms with Crippen LogP contribution in [0.25, 0.3) is 76.2 Å². The summed E-state index contributed by atoms with van der Waals surface area (Å²) in [5.74, 6) is 0. The fourth-order valence-corrected chi connectivity index (χ4v) is 7.51. The lowest BCUT2D eigenvalue weighted by atomic mass is 9.94. The van der Waals surface area contributed by atoms with E-state index >= 15 is 0 Å². The summed E-state index contributed by atoms with van der Waals surface area (Å²) in [5, 5.41) is 12.1. The molecule has 0 unspecified atom stereocenters. The fourth-order valence-electron chi connectivity index (χ4n) is 7.51. The molecular formula is C46H29NO. The van der Waals surface area contributed by atoms with E-state index < -0.39 is 0 Å². The van der Waals surface area contributed by atoms with E-state index in [1.54, 1.807) is 0 Å². The van der Waals surface area contributed by atoms with Crippen molar-refractivity contribution in [1.29, 1.82) is 0 Å². The first kappa shape index (κ1) is 26.8. The zero-order valence-corrected chi connectivity index (χ0v) is 26.1. The monoisotopic (exact) mass is 611 g/mol. The second-order valence-corrected chi connectivity index (χ2v) is 12.6. The van der Waals surface area contributed by atoms with Gasteiger partial charge in [0.1, 0.15) is 11.2 Å². The van der Waals surface area contributed by atoms with E-state index in [2.05, 4.69) is 169 Å². The van der Waals surface area contributed by atoms with Gasteiger partial charge in [0.05, 0.1) is 5.69 Å². The van der Waals surface area contributed by atoms with Crippen molar-refractivity contribution in [2.24, 2.45) is 0 Å². The lowest BCUT2D eigenvalue weighted by Gasteiger charge is -2.28. The van der Waals surface area contributed by atoms with E-state index in [1.165, 1.54) is 48.8 Å². The van der Waals surface area contributed by atoms with Crippen molar-refractivity contribution < 1.29 is 4.42 Å². The number of rotatable bonds is 4. The molecule has 0 aliphatic rings. The first-order valence-electron chi connectivity index (χ1n) is 16.4. The molecule has 0 saturated heterocycles. The summed E-state index contributed by atoms with van der Waals surface area (Å²) in [5.41, 5.74) is 7.56. The predicted octanol–water partition coefficient (Wildman–Crippen LogP) is 13.3. The van der Waals surface area contributed by atoms with Crippen molar-refractivity contribution in [2.75, 3.05) is 4.90 Å². The molecule has 48 heavy (non-hydrogen) atoms. The van der Waals surface area contributed by atoms with Gasteiger partial charge >= 0.3 is 0 Å². The van der Waals surface area contributed by atoms with Gasteiger partial charge in [0.2, 0.25) is 0 Å². The maximum absolute atomic E-state index is 6.25. The summed E-state index contributed by atoms with van der Waals surface area (Å²) < 4.78 is 6.25. The molecule has 2 nitrogen and oxygen atoms in total. The molecule has 0 aliphatic heterocycles. The zero-order chi connectivity index (χ0) is 31.6. The fraction of sp³-hybridized carbons (Fsp3) is 0. The Labute approximate surface area is 277 Å². The second-order valence-electron chi connectivity index (χ2n) is 12.6. The van der Waals surface area contributed by atoms with Crippen LogP contribution in [0.2, 0.25) is 0 Å². The normalized spacial score (nSPS) is 11.8. The average Bonchev–Trinajstić information content (AvgIpc) is 3.51. The molecule has 0 spiro atoms. The van der Waals surface area contributed by atoms with E-state index in [9.17, 15) is 0 Å². The molecule has 0 saturated carbocycles. The first-order chi connectivity index (χ1) is 23.8. The summed E-state index contributed by atoms with van der Waals surface area (Å²) in [6, 6.07) is 63.5. The topological polar surface area (TPSA) is 16.4 Å². The van der Waals surface area contributed by atoms with Crippen molar-refractivity contribution in [3.8, 4) is 11.1 Å². The molecule has 1 heterocycles. The van der Waals surface area contributed by atoms with Gasteiger partial charge in [-0.05, 0) is 97.4 Å². The minimum atomic E-state index is 0.913. The van der Waals surface area contributed by atoms with Gasteiger partial charge in [0.25, 0.3) is 0 Å². The standard InChI is InChI=1S/C46H29NO/c1-2-11-30(12-3-1)32-15-10-16-36(25-32)47(37-23-21-33-29-45-42(27-35(33)26-37)40-19-8-9-20-44(40)48-45)43-28-34-14-5-7-18-39(34)46-38-17-6-4-13-31(38)22-24-41(43)46/h1-29H. The highest BCUT2D eigenvalue weighted by molar-refractivity contribution is 6.24. The third-order valence-electron chi connectivity index (χ3n) is 9.76. The van der Waals surface area contributed by atoms with Crippen molar-refractivity contribution >= 4 is 82.1 Å². The van der Waals surface area contributed by atoms with Crippen LogP contribution in [0.1, 0.15) is 0 Å². The lowest BCUT2D eigenvalue weighted by Crippen LogP contribution is -2.11. The number of nitrogens with zero attached hydrogens (tertiary/aromatic N) is 1. The van der Waals surface area contributed by atoms with Crippen molar-refractivity contribution in [1.82, 2.24) is 0 Å². The van der Waals surface area contributed by atoms with Gasteiger partial charge in [0.15, 0.2) is 0 Å². The molecule has 0 amide bonds. The van der Waals surface area contributed by atoms with E-state index in [0.29, 0.717) is 0 Å². The minimum Gasteiger partial charge on any atom is -0.456 e. The number of hydrogen-bond donors (Lipinski definition) is 0. The molecule has 0 fully saturated rings. The van der Waals surface area contributed by atoms with Crippen LogP contribution in [0.5, 0.6) is 0 Å². The second kappa shape index (κ2) is 10.6. The molecule has 9 aromatic carbocycles. The maximum Gasteiger partial charge on any atom is 0.136 e. The van der Waals surface area contributed by atoms with Gasteiger partial charge in [-0.15, -0.1) is 0 Å². The van der Waals surface area contributed by atoms with Crippen molar-refractivity contribution in [2.45, 2.75) is 0 Å². The third-order valence-corrected chi connectivity index (χ3v) is 9.76. The number of anilines is 3. The average molecular weight is 612 g/mol. The molecule has 10 rings (SSSR count). The Morgan fingerprint density at radius 1 is 0.333 bits per heavy atom. The Hall–Kier alpha value is -6.38. The third kappa shape index (κ3) is 4.20. The van der Waals surface area contributed by atoms with Gasteiger partial charge in [-0.3, -0.25) is 0 Å². The predicted molar refractivity (Wildman–Crippen MR) is 204 cm³/mol. The molecule has 0 atom stereocenters. The highest BCUT2D eigenvalue weighted by atomic mass is 16.3. The van der Waals surface area contributed by atoms with Gasteiger partial charge in [0, 0.05) is 27.5 Å². The molecule has 224 valence electrons. The molecule has 0 bridgehead atoms. The molecular weight excluding hydrogens is 583 g/mol. The van der Waals surface area contributed by atoms with Crippen molar-refractivity contribution in [3.05, 3.63) is 176 Å². The number of para-hydroxylation sites is 1. The van der Waals surface area contributed by atoms with Crippen LogP contribution in [0, 0.1) is 0 Å². The van der Waals surface area contributed by atoms with Crippen molar-refractivity contribution in [3.63, 3.8) is 0 Å². The number of hydrogen-bond acceptors (Lipinski definition) is 2. The van der Waals surface area contributed by atoms with E-state index in [-0.39, 0.29) is 0 Å². The quantitative estimate of drug-likeness (QED) is 0.184. The highest BCUT2D eigenvalue weighted by Gasteiger charge is 2.20. The summed E-state index contributed by atoms with van der Waals surface area (Å²) in [6.07, 6.45) is 0. The van der Waals surface area contributed by atoms with Crippen LogP contribution in [-0.4, -0.2) is 0 Å². The molecule has 0 radical (unpaired) electrons. The number of benzene rings is 9. The zero-order valence-electron chi connectivity index (χ0n) is 26.1. The van der Waals surface area contributed by atoms with Gasteiger partial charge in [-0.2, -0.15) is 0 Å². The molecule has 0 aliphatic carbocycles. The molecule has 10 aromatic rings. The molecule has 1 aromatic heterocycles. The first-order valence-corrected chi connectivity index (χ1v) is 16.4. The maximum atomic E-state index is 6.25. The SMILES string of the molecule is c1ccc(-c2cccc(N(c3ccc4cc5oc6ccccc6c5cc4c3)c3cc4ccccc4c4c3ccc3ccccc34)c2)cc1. The Balaban J connectivity index is 1.28. The smallest absolute Gasteiger partial charge is 0.136 e. The van der Waals surface area contributed by atoms with Gasteiger partial charge in [-0.25, -0.2) is 0 Å². The van der Waals surface area contributed by atoms with Crippen LogP contribution < -0.4 is 4.90 Å². The number of fused-ring (bicyclic) bond motifs is 9. The molecule has 2 heteroatoms. The Bertz CT molecular complexity index is 2830. The largest absolute Gasteiger partial charge is 0.456 e. The van der Waals surface area contributed by atoms with E-state index in [1.807, 2.05) is 12.1 Å². The molecule has 0 N–H and O–H groups in total.